The van der Waals surface area contributed by atoms with Crippen molar-refractivity contribution in [2.75, 3.05) is 5.32 Å². The topological polar surface area (TPSA) is 103 Å². The fraction of sp³-hybridized carbons (Fsp3) is 0.222. The van der Waals surface area contributed by atoms with Gasteiger partial charge in [0.15, 0.2) is 17.3 Å². The van der Waals surface area contributed by atoms with Gasteiger partial charge in [-0.15, -0.1) is 15.3 Å². The van der Waals surface area contributed by atoms with E-state index in [4.69, 9.17) is 0 Å². The number of fused-ring (bicyclic) bond motifs is 1. The Morgan fingerprint density at radius 1 is 1.11 bits per heavy atom. The molecule has 9 nitrogen and oxygen atoms in total. The summed E-state index contributed by atoms with van der Waals surface area (Å²) in [5.74, 6) is 1.68. The van der Waals surface area contributed by atoms with Crippen molar-refractivity contribution < 1.29 is 4.79 Å². The van der Waals surface area contributed by atoms with Crippen LogP contribution < -0.4 is 5.32 Å². The quantitative estimate of drug-likeness (QED) is 0.581. The van der Waals surface area contributed by atoms with Crippen LogP contribution in [0.5, 0.6) is 0 Å². The lowest BCUT2D eigenvalue weighted by Crippen LogP contribution is -2.14. The van der Waals surface area contributed by atoms with E-state index < -0.39 is 0 Å². The van der Waals surface area contributed by atoms with E-state index in [0.29, 0.717) is 29.5 Å². The Morgan fingerprint density at radius 3 is 2.74 bits per heavy atom. The van der Waals surface area contributed by atoms with Crippen LogP contribution in [0.1, 0.15) is 23.6 Å². The molecule has 0 saturated heterocycles. The highest BCUT2D eigenvalue weighted by Gasteiger charge is 2.12. The molecule has 0 aliphatic heterocycles. The maximum atomic E-state index is 12.1. The van der Waals surface area contributed by atoms with Crippen LogP contribution in [-0.4, -0.2) is 40.5 Å². The van der Waals surface area contributed by atoms with Crippen LogP contribution in [-0.2, 0) is 11.2 Å². The lowest BCUT2D eigenvalue weighted by atomic mass is 10.3. The SMILES string of the molecule is Cc1cc(C)n(-c2ccc3nnc(CCC(=O)Nc4ccccn4)n3n2)n1. The van der Waals surface area contributed by atoms with Gasteiger partial charge >= 0.3 is 0 Å². The molecule has 0 radical (unpaired) electrons. The number of pyridine rings is 1. The van der Waals surface area contributed by atoms with Gasteiger partial charge in [0, 0.05) is 24.7 Å². The number of nitrogens with one attached hydrogen (secondary N) is 1. The van der Waals surface area contributed by atoms with E-state index in [2.05, 4.69) is 30.7 Å². The zero-order valence-electron chi connectivity index (χ0n) is 15.0. The van der Waals surface area contributed by atoms with Gasteiger partial charge in [0.25, 0.3) is 0 Å². The average Bonchev–Trinajstić information content (AvgIpc) is 3.22. The standard InChI is InChI=1S/C18H18N8O/c1-12-11-13(2)25(23-12)17-7-6-15-21-22-16(26(15)24-17)8-9-18(27)20-14-5-3-4-10-19-14/h3-7,10-11H,8-9H2,1-2H3,(H,19,20,27). The van der Waals surface area contributed by atoms with Gasteiger partial charge in [0.1, 0.15) is 5.82 Å². The fourth-order valence-electron chi connectivity index (χ4n) is 2.82. The lowest BCUT2D eigenvalue weighted by molar-refractivity contribution is -0.116. The molecule has 9 heteroatoms. The summed E-state index contributed by atoms with van der Waals surface area (Å²) in [6.07, 6.45) is 2.29. The van der Waals surface area contributed by atoms with Gasteiger partial charge in [0.2, 0.25) is 5.91 Å². The number of hydrogen-bond donors (Lipinski definition) is 1. The zero-order valence-corrected chi connectivity index (χ0v) is 15.0. The van der Waals surface area contributed by atoms with E-state index >= 15 is 0 Å². The van der Waals surface area contributed by atoms with Crippen molar-refractivity contribution in [3.63, 3.8) is 0 Å². The maximum absolute atomic E-state index is 12.1. The second-order valence-corrected chi connectivity index (χ2v) is 6.18. The highest BCUT2D eigenvalue weighted by Crippen LogP contribution is 2.12. The second-order valence-electron chi connectivity index (χ2n) is 6.18. The largest absolute Gasteiger partial charge is 0.311 e. The summed E-state index contributed by atoms with van der Waals surface area (Å²) >= 11 is 0. The van der Waals surface area contributed by atoms with Crippen molar-refractivity contribution in [1.29, 1.82) is 0 Å². The summed E-state index contributed by atoms with van der Waals surface area (Å²) in [7, 11) is 0. The van der Waals surface area contributed by atoms with Gasteiger partial charge < -0.3 is 5.32 Å². The third-order valence-electron chi connectivity index (χ3n) is 4.05. The predicted molar refractivity (Wildman–Crippen MR) is 98.6 cm³/mol. The van der Waals surface area contributed by atoms with Gasteiger partial charge in [-0.2, -0.15) is 9.61 Å². The van der Waals surface area contributed by atoms with E-state index in [-0.39, 0.29) is 12.3 Å². The van der Waals surface area contributed by atoms with Crippen LogP contribution in [0.4, 0.5) is 5.82 Å². The Hall–Kier alpha value is -3.62. The summed E-state index contributed by atoms with van der Waals surface area (Å²) in [4.78, 5) is 16.2. The van der Waals surface area contributed by atoms with Crippen LogP contribution in [0.25, 0.3) is 11.5 Å². The number of carbonyl (C=O) groups excluding carboxylic acids is 1. The summed E-state index contributed by atoms with van der Waals surface area (Å²) in [5.41, 5.74) is 2.54. The van der Waals surface area contributed by atoms with E-state index in [9.17, 15) is 4.79 Å². The number of amides is 1. The number of aromatic nitrogens is 7. The molecular weight excluding hydrogens is 344 g/mol. The normalized spacial score (nSPS) is 11.0. The van der Waals surface area contributed by atoms with Crippen molar-refractivity contribution in [3.05, 3.63) is 59.8 Å². The molecule has 4 aromatic heterocycles. The van der Waals surface area contributed by atoms with Crippen LogP contribution in [0.15, 0.2) is 42.6 Å². The summed E-state index contributed by atoms with van der Waals surface area (Å²) in [5, 5.41) is 20.1. The van der Waals surface area contributed by atoms with Crippen molar-refractivity contribution in [2.45, 2.75) is 26.7 Å². The van der Waals surface area contributed by atoms with Crippen molar-refractivity contribution in [2.24, 2.45) is 0 Å². The average molecular weight is 362 g/mol. The molecule has 0 fully saturated rings. The maximum Gasteiger partial charge on any atom is 0.225 e. The third kappa shape index (κ3) is 3.52. The molecule has 4 rings (SSSR count). The molecule has 136 valence electrons. The van der Waals surface area contributed by atoms with E-state index in [1.807, 2.05) is 38.1 Å². The number of carbonyl (C=O) groups is 1. The molecule has 27 heavy (non-hydrogen) atoms. The molecule has 1 N–H and O–H groups in total. The molecule has 0 aliphatic rings. The fourth-order valence-corrected chi connectivity index (χ4v) is 2.82. The van der Waals surface area contributed by atoms with Crippen LogP contribution in [0.2, 0.25) is 0 Å². The Labute approximate surface area is 155 Å². The minimum absolute atomic E-state index is 0.139. The smallest absolute Gasteiger partial charge is 0.225 e. The van der Waals surface area contributed by atoms with Gasteiger partial charge in [-0.1, -0.05) is 6.07 Å². The zero-order chi connectivity index (χ0) is 18.8. The molecule has 0 aromatic carbocycles. The Kier molecular flexibility index (Phi) is 4.33. The van der Waals surface area contributed by atoms with Gasteiger partial charge in [-0.3, -0.25) is 4.79 Å². The number of nitrogens with zero attached hydrogens (tertiary/aromatic N) is 7. The number of anilines is 1. The first-order valence-corrected chi connectivity index (χ1v) is 8.56. The third-order valence-corrected chi connectivity index (χ3v) is 4.05. The molecule has 0 atom stereocenters. The van der Waals surface area contributed by atoms with E-state index in [1.165, 1.54) is 0 Å². The number of hydrogen-bond acceptors (Lipinski definition) is 6. The van der Waals surface area contributed by atoms with Crippen LogP contribution >= 0.6 is 0 Å². The summed E-state index contributed by atoms with van der Waals surface area (Å²) in [6, 6.07) is 11.0. The first kappa shape index (κ1) is 16.8. The first-order chi connectivity index (χ1) is 13.1. The van der Waals surface area contributed by atoms with Crippen molar-refractivity contribution in [3.8, 4) is 5.82 Å². The minimum atomic E-state index is -0.139. The Balaban J connectivity index is 1.53. The van der Waals surface area contributed by atoms with Gasteiger partial charge in [-0.05, 0) is 44.2 Å². The molecule has 4 aromatic rings. The van der Waals surface area contributed by atoms with E-state index in [1.54, 1.807) is 27.5 Å². The second kappa shape index (κ2) is 6.94. The molecule has 0 spiro atoms. The Morgan fingerprint density at radius 2 is 2.00 bits per heavy atom. The van der Waals surface area contributed by atoms with Gasteiger partial charge in [0.05, 0.1) is 5.69 Å². The molecule has 1 amide bonds. The van der Waals surface area contributed by atoms with Crippen molar-refractivity contribution in [1.82, 2.24) is 34.6 Å². The molecular formula is C18H18N8O. The lowest BCUT2D eigenvalue weighted by Gasteiger charge is -2.05. The first-order valence-electron chi connectivity index (χ1n) is 8.56. The van der Waals surface area contributed by atoms with Crippen LogP contribution in [0, 0.1) is 13.8 Å². The van der Waals surface area contributed by atoms with E-state index in [0.717, 1.165) is 11.4 Å². The molecule has 0 saturated carbocycles. The highest BCUT2D eigenvalue weighted by molar-refractivity contribution is 5.89. The minimum Gasteiger partial charge on any atom is -0.311 e. The number of rotatable bonds is 5. The number of aryl methyl sites for hydroxylation is 3. The van der Waals surface area contributed by atoms with Gasteiger partial charge in [-0.25, -0.2) is 9.67 Å². The molecule has 0 aliphatic carbocycles. The predicted octanol–water partition coefficient (Wildman–Crippen LogP) is 1.89. The highest BCUT2D eigenvalue weighted by atomic mass is 16.1. The van der Waals surface area contributed by atoms with Crippen LogP contribution in [0.3, 0.4) is 0 Å². The van der Waals surface area contributed by atoms with Crippen molar-refractivity contribution >= 4 is 17.4 Å². The molecule has 0 bridgehead atoms. The molecule has 4 heterocycles. The summed E-state index contributed by atoms with van der Waals surface area (Å²) in [6.45, 7) is 3.91. The Bertz CT molecular complexity index is 1100. The molecule has 0 unspecified atom stereocenters. The summed E-state index contributed by atoms with van der Waals surface area (Å²) < 4.78 is 3.42. The monoisotopic (exact) mass is 362 g/mol.